The van der Waals surface area contributed by atoms with Crippen molar-refractivity contribution in [3.63, 3.8) is 0 Å². The molecule has 0 spiro atoms. The molecule has 4 aromatic rings. The van der Waals surface area contributed by atoms with Gasteiger partial charge in [0.2, 0.25) is 5.95 Å². The van der Waals surface area contributed by atoms with Crippen molar-refractivity contribution in [2.75, 3.05) is 32.6 Å². The molecule has 198 valence electrons. The number of ether oxygens (including phenoxy) is 2. The molecular formula is C27H31ClN8O2. The molecule has 0 bridgehead atoms. The number of likely N-dealkylation sites (tertiary alicyclic amines) is 1. The van der Waals surface area contributed by atoms with E-state index >= 15 is 0 Å². The zero-order valence-electron chi connectivity index (χ0n) is 21.7. The van der Waals surface area contributed by atoms with Crippen LogP contribution in [0.1, 0.15) is 31.2 Å². The third-order valence-corrected chi connectivity index (χ3v) is 7.05. The zero-order chi connectivity index (χ0) is 26.5. The van der Waals surface area contributed by atoms with Gasteiger partial charge in [-0.2, -0.15) is 0 Å². The van der Waals surface area contributed by atoms with Gasteiger partial charge in [0.1, 0.15) is 23.9 Å². The lowest BCUT2D eigenvalue weighted by Crippen LogP contribution is -2.29. The van der Waals surface area contributed by atoms with Crippen LogP contribution < -0.4 is 14.8 Å². The molecule has 0 aliphatic carbocycles. The second-order valence-corrected chi connectivity index (χ2v) is 9.97. The summed E-state index contributed by atoms with van der Waals surface area (Å²) >= 11 is 6.39. The summed E-state index contributed by atoms with van der Waals surface area (Å²) in [6.07, 6.45) is 7.22. The first-order valence-corrected chi connectivity index (χ1v) is 13.0. The van der Waals surface area contributed by atoms with Crippen molar-refractivity contribution in [2.45, 2.75) is 38.3 Å². The van der Waals surface area contributed by atoms with Gasteiger partial charge in [-0.05, 0) is 91.6 Å². The molecule has 1 atom stereocenters. The minimum Gasteiger partial charge on any atom is -0.495 e. The predicted molar refractivity (Wildman–Crippen MR) is 146 cm³/mol. The van der Waals surface area contributed by atoms with Crippen molar-refractivity contribution in [2.24, 2.45) is 0 Å². The number of anilines is 2. The van der Waals surface area contributed by atoms with Gasteiger partial charge in [0.25, 0.3) is 0 Å². The van der Waals surface area contributed by atoms with Crippen LogP contribution in [0.15, 0.2) is 55.1 Å². The lowest BCUT2D eigenvalue weighted by atomic mass is 9.89. The SMILES string of the molecule is COc1cc(C2CCN(C)CC2)ccc1Nc1ncc(-c2ccc(Cl)c(OC(C)Cn3cnnn3)c2)cn1. The smallest absolute Gasteiger partial charge is 0.227 e. The summed E-state index contributed by atoms with van der Waals surface area (Å²) in [4.78, 5) is 11.4. The lowest BCUT2D eigenvalue weighted by Gasteiger charge is -2.29. The van der Waals surface area contributed by atoms with Gasteiger partial charge in [0, 0.05) is 18.0 Å². The summed E-state index contributed by atoms with van der Waals surface area (Å²) in [5, 5.41) is 15.0. The summed E-state index contributed by atoms with van der Waals surface area (Å²) in [5.41, 5.74) is 3.88. The van der Waals surface area contributed by atoms with E-state index in [1.807, 2.05) is 25.1 Å². The maximum absolute atomic E-state index is 6.39. The lowest BCUT2D eigenvalue weighted by molar-refractivity contribution is 0.193. The van der Waals surface area contributed by atoms with Crippen LogP contribution in [0.25, 0.3) is 11.1 Å². The van der Waals surface area contributed by atoms with E-state index in [0.717, 1.165) is 48.5 Å². The number of piperidine rings is 1. The fourth-order valence-corrected chi connectivity index (χ4v) is 4.79. The van der Waals surface area contributed by atoms with Crippen LogP contribution in [0.5, 0.6) is 11.5 Å². The highest BCUT2D eigenvalue weighted by Gasteiger charge is 2.20. The van der Waals surface area contributed by atoms with Gasteiger partial charge in [-0.15, -0.1) is 5.10 Å². The zero-order valence-corrected chi connectivity index (χ0v) is 22.5. The molecule has 0 saturated carbocycles. The normalized spacial score (nSPS) is 15.3. The maximum atomic E-state index is 6.39. The standard InChI is InChI=1S/C27H31ClN8O2/c1-18(16-36-17-31-33-34-36)38-25-12-21(4-6-23(25)28)22-14-29-27(30-15-22)32-24-7-5-20(13-26(24)37-3)19-8-10-35(2)11-9-19/h4-7,12-15,17-19H,8-11,16H2,1-3H3,(H,29,30,32). The van der Waals surface area contributed by atoms with E-state index in [0.29, 0.717) is 29.2 Å². The third kappa shape index (κ3) is 6.20. The summed E-state index contributed by atoms with van der Waals surface area (Å²) in [6, 6.07) is 11.9. The van der Waals surface area contributed by atoms with Crippen molar-refractivity contribution in [1.29, 1.82) is 0 Å². The van der Waals surface area contributed by atoms with Gasteiger partial charge in [-0.25, -0.2) is 14.6 Å². The van der Waals surface area contributed by atoms with Crippen molar-refractivity contribution >= 4 is 23.2 Å². The number of methoxy groups -OCH3 is 1. The van der Waals surface area contributed by atoms with Gasteiger partial charge in [0.05, 0.1) is 24.4 Å². The number of nitrogens with zero attached hydrogens (tertiary/aromatic N) is 7. The van der Waals surface area contributed by atoms with E-state index in [-0.39, 0.29) is 6.10 Å². The number of hydrogen-bond acceptors (Lipinski definition) is 9. The molecule has 0 amide bonds. The van der Waals surface area contributed by atoms with Gasteiger partial charge in [-0.3, -0.25) is 0 Å². The number of rotatable bonds is 9. The molecule has 1 saturated heterocycles. The number of aromatic nitrogens is 6. The molecule has 1 aliphatic rings. The Morgan fingerprint density at radius 2 is 1.84 bits per heavy atom. The second kappa shape index (κ2) is 11.7. The summed E-state index contributed by atoms with van der Waals surface area (Å²) < 4.78 is 13.3. The molecular weight excluding hydrogens is 504 g/mol. The largest absolute Gasteiger partial charge is 0.495 e. The molecule has 2 aromatic carbocycles. The van der Waals surface area contributed by atoms with Gasteiger partial charge in [-0.1, -0.05) is 23.7 Å². The molecule has 38 heavy (non-hydrogen) atoms. The summed E-state index contributed by atoms with van der Waals surface area (Å²) in [7, 11) is 3.86. The van der Waals surface area contributed by atoms with Crippen molar-refractivity contribution in [3.8, 4) is 22.6 Å². The average molecular weight is 535 g/mol. The second-order valence-electron chi connectivity index (χ2n) is 9.56. The van der Waals surface area contributed by atoms with E-state index in [1.165, 1.54) is 5.56 Å². The summed E-state index contributed by atoms with van der Waals surface area (Å²) in [6.45, 7) is 4.67. The number of hydrogen-bond donors (Lipinski definition) is 1. The molecule has 1 unspecified atom stereocenters. The van der Waals surface area contributed by atoms with Gasteiger partial charge >= 0.3 is 0 Å². The van der Waals surface area contributed by atoms with Crippen LogP contribution in [0.3, 0.4) is 0 Å². The average Bonchev–Trinajstić information content (AvgIpc) is 3.44. The Labute approximate surface area is 227 Å². The van der Waals surface area contributed by atoms with Crippen LogP contribution in [-0.4, -0.2) is 68.4 Å². The first kappa shape index (κ1) is 25.9. The van der Waals surface area contributed by atoms with Gasteiger partial charge in [0.15, 0.2) is 0 Å². The fourth-order valence-electron chi connectivity index (χ4n) is 4.62. The Balaban J connectivity index is 1.26. The Morgan fingerprint density at radius 3 is 2.55 bits per heavy atom. The van der Waals surface area contributed by atoms with E-state index < -0.39 is 0 Å². The van der Waals surface area contributed by atoms with E-state index in [2.05, 4.69) is 54.9 Å². The molecule has 1 N–H and O–H groups in total. The Bertz CT molecular complexity index is 1340. The molecule has 2 aromatic heterocycles. The third-order valence-electron chi connectivity index (χ3n) is 6.74. The maximum Gasteiger partial charge on any atom is 0.227 e. The molecule has 1 fully saturated rings. The molecule has 1 aliphatic heterocycles. The minimum absolute atomic E-state index is 0.185. The fraction of sp³-hybridized carbons (Fsp3) is 0.370. The molecule has 5 rings (SSSR count). The molecule has 11 heteroatoms. The minimum atomic E-state index is -0.185. The van der Waals surface area contributed by atoms with Crippen LogP contribution >= 0.6 is 11.6 Å². The molecule has 0 radical (unpaired) electrons. The quantitative estimate of drug-likeness (QED) is 0.324. The topological polar surface area (TPSA) is 103 Å². The van der Waals surface area contributed by atoms with E-state index in [1.54, 1.807) is 36.6 Å². The molecule has 3 heterocycles. The number of halogens is 1. The predicted octanol–water partition coefficient (Wildman–Crippen LogP) is 4.81. The number of tetrazole rings is 1. The van der Waals surface area contributed by atoms with Crippen molar-refractivity contribution in [3.05, 3.63) is 65.7 Å². The highest BCUT2D eigenvalue weighted by atomic mass is 35.5. The van der Waals surface area contributed by atoms with Crippen LogP contribution in [0.2, 0.25) is 5.02 Å². The first-order valence-electron chi connectivity index (χ1n) is 12.6. The number of nitrogens with one attached hydrogen (secondary N) is 1. The van der Waals surface area contributed by atoms with E-state index in [4.69, 9.17) is 21.1 Å². The van der Waals surface area contributed by atoms with Crippen LogP contribution in [-0.2, 0) is 6.54 Å². The highest BCUT2D eigenvalue weighted by molar-refractivity contribution is 6.32. The Kier molecular flexibility index (Phi) is 8.00. The number of benzene rings is 2. The summed E-state index contributed by atoms with van der Waals surface area (Å²) in [5.74, 6) is 2.39. The van der Waals surface area contributed by atoms with Gasteiger partial charge < -0.3 is 19.7 Å². The van der Waals surface area contributed by atoms with Crippen molar-refractivity contribution in [1.82, 2.24) is 35.1 Å². The van der Waals surface area contributed by atoms with E-state index in [9.17, 15) is 0 Å². The molecule has 10 nitrogen and oxygen atoms in total. The first-order chi connectivity index (χ1) is 18.5. The monoisotopic (exact) mass is 534 g/mol. The van der Waals surface area contributed by atoms with Crippen LogP contribution in [0, 0.1) is 0 Å². The van der Waals surface area contributed by atoms with Crippen molar-refractivity contribution < 1.29 is 9.47 Å². The Hall–Kier alpha value is -3.76. The highest BCUT2D eigenvalue weighted by Crippen LogP contribution is 2.35. The Morgan fingerprint density at radius 1 is 1.05 bits per heavy atom. The van der Waals surface area contributed by atoms with Crippen LogP contribution in [0.4, 0.5) is 11.6 Å².